The van der Waals surface area contributed by atoms with Crippen molar-refractivity contribution in [3.8, 4) is 0 Å². The molecule has 0 bridgehead atoms. The molecule has 0 aromatic carbocycles. The Morgan fingerprint density at radius 3 is 2.67 bits per heavy atom. The van der Waals surface area contributed by atoms with Crippen molar-refractivity contribution in [1.82, 2.24) is 4.90 Å². The monoisotopic (exact) mass is 143 g/mol. The molecular weight excluding hydrogens is 130 g/mol. The Kier molecular flexibility index (Phi) is 2.06. The Bertz CT molecular complexity index is 118. The van der Waals surface area contributed by atoms with E-state index in [4.69, 9.17) is 0 Å². The van der Waals surface area contributed by atoms with Crippen LogP contribution in [0.15, 0.2) is 11.6 Å². The molecule has 1 rings (SSSR count). The lowest BCUT2D eigenvalue weighted by molar-refractivity contribution is 0.425. The standard InChI is InChI=1S/C7H13NS/c1-6(9)8(2)5-7-3-4-7/h7,9H,1,3-5H2,2H3. The smallest absolute Gasteiger partial charge is 0.0600 e. The van der Waals surface area contributed by atoms with Gasteiger partial charge in [-0.2, -0.15) is 0 Å². The van der Waals surface area contributed by atoms with Gasteiger partial charge in [-0.25, -0.2) is 0 Å². The number of rotatable bonds is 3. The third kappa shape index (κ3) is 2.31. The molecule has 0 amide bonds. The fourth-order valence-electron chi connectivity index (χ4n) is 0.793. The van der Waals surface area contributed by atoms with Crippen molar-refractivity contribution < 1.29 is 0 Å². The molecule has 1 nitrogen and oxygen atoms in total. The summed E-state index contributed by atoms with van der Waals surface area (Å²) < 4.78 is 0. The van der Waals surface area contributed by atoms with Crippen LogP contribution < -0.4 is 0 Å². The van der Waals surface area contributed by atoms with Crippen molar-refractivity contribution in [2.75, 3.05) is 13.6 Å². The van der Waals surface area contributed by atoms with Gasteiger partial charge in [-0.3, -0.25) is 0 Å². The van der Waals surface area contributed by atoms with Crippen molar-refractivity contribution in [1.29, 1.82) is 0 Å². The molecule has 0 spiro atoms. The topological polar surface area (TPSA) is 3.24 Å². The predicted octanol–water partition coefficient (Wildman–Crippen LogP) is 1.73. The number of hydrogen-bond acceptors (Lipinski definition) is 2. The third-order valence-corrected chi connectivity index (χ3v) is 2.01. The Morgan fingerprint density at radius 2 is 2.33 bits per heavy atom. The van der Waals surface area contributed by atoms with Gasteiger partial charge in [0.1, 0.15) is 0 Å². The second-order valence-corrected chi connectivity index (χ2v) is 3.26. The Labute approximate surface area is 62.1 Å². The first-order valence-corrected chi connectivity index (χ1v) is 3.74. The minimum Gasteiger partial charge on any atom is -0.370 e. The van der Waals surface area contributed by atoms with Crippen LogP contribution in [0.5, 0.6) is 0 Å². The zero-order chi connectivity index (χ0) is 6.85. The highest BCUT2D eigenvalue weighted by Crippen LogP contribution is 2.30. The van der Waals surface area contributed by atoms with E-state index < -0.39 is 0 Å². The van der Waals surface area contributed by atoms with Crippen LogP contribution in [0.4, 0.5) is 0 Å². The second kappa shape index (κ2) is 2.65. The van der Waals surface area contributed by atoms with Gasteiger partial charge in [0.05, 0.1) is 5.03 Å². The highest BCUT2D eigenvalue weighted by molar-refractivity contribution is 7.84. The van der Waals surface area contributed by atoms with Gasteiger partial charge in [0.25, 0.3) is 0 Å². The highest BCUT2D eigenvalue weighted by Gasteiger charge is 2.22. The molecule has 0 atom stereocenters. The molecule has 0 aliphatic heterocycles. The van der Waals surface area contributed by atoms with Gasteiger partial charge in [0, 0.05) is 13.6 Å². The van der Waals surface area contributed by atoms with Gasteiger partial charge in [0.2, 0.25) is 0 Å². The van der Waals surface area contributed by atoms with Crippen LogP contribution >= 0.6 is 12.6 Å². The van der Waals surface area contributed by atoms with Crippen molar-refractivity contribution in [3.05, 3.63) is 11.6 Å². The number of thiol groups is 1. The summed E-state index contributed by atoms with van der Waals surface area (Å²) in [6, 6.07) is 0. The maximum atomic E-state index is 4.13. The predicted molar refractivity (Wildman–Crippen MR) is 43.5 cm³/mol. The SMILES string of the molecule is C=C(S)N(C)CC1CC1. The van der Waals surface area contributed by atoms with E-state index in [-0.39, 0.29) is 0 Å². The molecule has 1 aliphatic carbocycles. The molecule has 0 saturated heterocycles. The quantitative estimate of drug-likeness (QED) is 0.589. The van der Waals surface area contributed by atoms with Crippen molar-refractivity contribution in [3.63, 3.8) is 0 Å². The first kappa shape index (κ1) is 7.00. The second-order valence-electron chi connectivity index (χ2n) is 2.74. The summed E-state index contributed by atoms with van der Waals surface area (Å²) in [6.07, 6.45) is 2.79. The summed E-state index contributed by atoms with van der Waals surface area (Å²) in [6.45, 7) is 4.87. The average molecular weight is 143 g/mol. The van der Waals surface area contributed by atoms with Crippen LogP contribution in [0.2, 0.25) is 0 Å². The van der Waals surface area contributed by atoms with Crippen molar-refractivity contribution >= 4 is 12.6 Å². The molecule has 0 aromatic heterocycles. The first-order valence-electron chi connectivity index (χ1n) is 3.29. The van der Waals surface area contributed by atoms with Crippen molar-refractivity contribution in [2.24, 2.45) is 5.92 Å². The third-order valence-electron chi connectivity index (χ3n) is 1.67. The van der Waals surface area contributed by atoms with Gasteiger partial charge in [-0.05, 0) is 18.8 Å². The summed E-state index contributed by atoms with van der Waals surface area (Å²) in [5.74, 6) is 0.930. The maximum absolute atomic E-state index is 4.13. The van der Waals surface area contributed by atoms with Crippen LogP contribution in [0.3, 0.4) is 0 Å². The minimum atomic E-state index is 0.877. The summed E-state index contributed by atoms with van der Waals surface area (Å²) in [4.78, 5) is 2.10. The van der Waals surface area contributed by atoms with Gasteiger partial charge >= 0.3 is 0 Å². The molecule has 1 fully saturated rings. The van der Waals surface area contributed by atoms with Crippen LogP contribution in [0, 0.1) is 5.92 Å². The number of nitrogens with zero attached hydrogens (tertiary/aromatic N) is 1. The summed E-state index contributed by atoms with van der Waals surface area (Å²) in [5, 5.41) is 0.877. The molecule has 0 unspecified atom stereocenters. The van der Waals surface area contributed by atoms with E-state index in [0.717, 1.165) is 17.5 Å². The van der Waals surface area contributed by atoms with Gasteiger partial charge in [-0.15, -0.1) is 12.6 Å². The molecule has 1 aliphatic rings. The van der Waals surface area contributed by atoms with Gasteiger partial charge < -0.3 is 4.90 Å². The number of hydrogen-bond donors (Lipinski definition) is 1. The molecule has 52 valence electrons. The van der Waals surface area contributed by atoms with Gasteiger partial charge in [-0.1, -0.05) is 6.58 Å². The lowest BCUT2D eigenvalue weighted by atomic mass is 10.4. The fourth-order valence-corrected chi connectivity index (χ4v) is 0.875. The molecular formula is C7H13NS. The maximum Gasteiger partial charge on any atom is 0.0600 e. The highest BCUT2D eigenvalue weighted by atomic mass is 32.1. The molecule has 0 heterocycles. The summed E-state index contributed by atoms with van der Waals surface area (Å²) in [7, 11) is 2.04. The van der Waals surface area contributed by atoms with E-state index in [1.807, 2.05) is 7.05 Å². The molecule has 0 N–H and O–H groups in total. The van der Waals surface area contributed by atoms with E-state index in [0.29, 0.717) is 0 Å². The van der Waals surface area contributed by atoms with E-state index in [1.165, 1.54) is 12.8 Å². The summed E-state index contributed by atoms with van der Waals surface area (Å²) in [5.41, 5.74) is 0. The molecule has 1 saturated carbocycles. The van der Waals surface area contributed by atoms with E-state index >= 15 is 0 Å². The summed E-state index contributed by atoms with van der Waals surface area (Å²) >= 11 is 4.13. The Hall–Kier alpha value is -0.110. The van der Waals surface area contributed by atoms with E-state index in [2.05, 4.69) is 24.1 Å². The largest absolute Gasteiger partial charge is 0.370 e. The van der Waals surface area contributed by atoms with Gasteiger partial charge in [0.15, 0.2) is 0 Å². The van der Waals surface area contributed by atoms with E-state index in [9.17, 15) is 0 Å². The Balaban J connectivity index is 2.16. The Morgan fingerprint density at radius 1 is 1.78 bits per heavy atom. The van der Waals surface area contributed by atoms with Crippen molar-refractivity contribution in [2.45, 2.75) is 12.8 Å². The van der Waals surface area contributed by atoms with E-state index in [1.54, 1.807) is 0 Å². The average Bonchev–Trinajstić information content (AvgIpc) is 2.50. The fraction of sp³-hybridized carbons (Fsp3) is 0.714. The van der Waals surface area contributed by atoms with Crippen LogP contribution in [-0.4, -0.2) is 18.5 Å². The van der Waals surface area contributed by atoms with Crippen LogP contribution in [-0.2, 0) is 0 Å². The van der Waals surface area contributed by atoms with Crippen LogP contribution in [0.1, 0.15) is 12.8 Å². The normalized spacial score (nSPS) is 17.6. The lowest BCUT2D eigenvalue weighted by Gasteiger charge is -2.16. The van der Waals surface area contributed by atoms with Crippen LogP contribution in [0.25, 0.3) is 0 Å². The lowest BCUT2D eigenvalue weighted by Crippen LogP contribution is -2.16. The molecule has 9 heavy (non-hydrogen) atoms. The zero-order valence-electron chi connectivity index (χ0n) is 5.80. The minimum absolute atomic E-state index is 0.877. The molecule has 2 heteroatoms. The zero-order valence-corrected chi connectivity index (χ0v) is 6.69. The molecule has 0 aromatic rings. The first-order chi connectivity index (χ1) is 4.20. The molecule has 0 radical (unpaired) electrons.